The summed E-state index contributed by atoms with van der Waals surface area (Å²) in [5.41, 5.74) is 1.09. The topological polar surface area (TPSA) is 49.7 Å². The second kappa shape index (κ2) is 9.25. The van der Waals surface area contributed by atoms with Crippen molar-refractivity contribution in [2.24, 2.45) is 40.4 Å². The molecule has 8 atom stereocenters. The van der Waals surface area contributed by atoms with Gasteiger partial charge in [0.25, 0.3) is 0 Å². The molecule has 190 valence electrons. The number of fused-ring (bicyclic) bond motifs is 5. The Balaban J connectivity index is 1.53. The summed E-state index contributed by atoms with van der Waals surface area (Å²) in [5, 5.41) is 21.7. The average molecular weight is 461 g/mol. The van der Waals surface area contributed by atoms with Gasteiger partial charge < -0.3 is 14.9 Å². The lowest BCUT2D eigenvalue weighted by Gasteiger charge is -2.60. The summed E-state index contributed by atoms with van der Waals surface area (Å²) in [4.78, 5) is 0. The van der Waals surface area contributed by atoms with Gasteiger partial charge in [0.15, 0.2) is 0 Å². The SMILES string of the molecule is CCC(O)(CC)CC[C@@H](C)C1CCC2[C@@H]3CC=C4C[C@@](C)(O)CC[C@]4(COC)C3CC[C@@]21C. The zero-order valence-corrected chi connectivity index (χ0v) is 22.5. The second-order valence-corrected chi connectivity index (χ2v) is 13.3. The van der Waals surface area contributed by atoms with Crippen LogP contribution in [0.25, 0.3) is 0 Å². The monoisotopic (exact) mass is 460 g/mol. The minimum atomic E-state index is -0.550. The van der Waals surface area contributed by atoms with E-state index in [0.29, 0.717) is 17.3 Å². The molecule has 0 radical (unpaired) electrons. The molecule has 4 rings (SSSR count). The van der Waals surface area contributed by atoms with Crippen molar-refractivity contribution < 1.29 is 14.9 Å². The Kier molecular flexibility index (Phi) is 7.20. The Morgan fingerprint density at radius 1 is 1.09 bits per heavy atom. The Hall–Kier alpha value is -0.380. The van der Waals surface area contributed by atoms with Crippen LogP contribution in [-0.4, -0.2) is 35.1 Å². The third-order valence-corrected chi connectivity index (χ3v) is 11.6. The zero-order chi connectivity index (χ0) is 24.1. The summed E-state index contributed by atoms with van der Waals surface area (Å²) in [5.74, 6) is 3.77. The Morgan fingerprint density at radius 2 is 1.82 bits per heavy atom. The van der Waals surface area contributed by atoms with Gasteiger partial charge in [0.05, 0.1) is 17.8 Å². The largest absolute Gasteiger partial charge is 0.390 e. The van der Waals surface area contributed by atoms with Gasteiger partial charge in [0, 0.05) is 12.5 Å². The molecule has 3 unspecified atom stereocenters. The van der Waals surface area contributed by atoms with Crippen LogP contribution in [-0.2, 0) is 4.74 Å². The second-order valence-electron chi connectivity index (χ2n) is 13.3. The van der Waals surface area contributed by atoms with E-state index in [9.17, 15) is 10.2 Å². The highest BCUT2D eigenvalue weighted by Gasteiger charge is 2.61. The number of allylic oxidation sites excluding steroid dienone is 1. The Morgan fingerprint density at radius 3 is 2.48 bits per heavy atom. The van der Waals surface area contributed by atoms with Crippen molar-refractivity contribution >= 4 is 0 Å². The van der Waals surface area contributed by atoms with E-state index in [1.807, 2.05) is 14.0 Å². The van der Waals surface area contributed by atoms with E-state index in [1.165, 1.54) is 37.7 Å². The molecule has 33 heavy (non-hydrogen) atoms. The predicted octanol–water partition coefficient (Wildman–Crippen LogP) is 6.91. The first-order chi connectivity index (χ1) is 15.5. The molecule has 0 heterocycles. The van der Waals surface area contributed by atoms with E-state index in [4.69, 9.17) is 4.74 Å². The predicted molar refractivity (Wildman–Crippen MR) is 136 cm³/mol. The molecule has 3 nitrogen and oxygen atoms in total. The van der Waals surface area contributed by atoms with Crippen molar-refractivity contribution in [3.05, 3.63) is 11.6 Å². The lowest BCUT2D eigenvalue weighted by Crippen LogP contribution is -2.54. The first-order valence-corrected chi connectivity index (χ1v) is 14.2. The average Bonchev–Trinajstić information content (AvgIpc) is 3.14. The maximum absolute atomic E-state index is 10.9. The summed E-state index contributed by atoms with van der Waals surface area (Å²) in [6, 6.07) is 0. The molecule has 4 aliphatic rings. The van der Waals surface area contributed by atoms with E-state index < -0.39 is 11.2 Å². The molecule has 3 heteroatoms. The fourth-order valence-corrected chi connectivity index (χ4v) is 9.41. The summed E-state index contributed by atoms with van der Waals surface area (Å²) in [7, 11) is 1.87. The molecule has 0 bridgehead atoms. The van der Waals surface area contributed by atoms with E-state index in [0.717, 1.165) is 69.3 Å². The third-order valence-electron chi connectivity index (χ3n) is 11.6. The van der Waals surface area contributed by atoms with Gasteiger partial charge in [-0.15, -0.1) is 0 Å². The van der Waals surface area contributed by atoms with Crippen molar-refractivity contribution in [2.75, 3.05) is 13.7 Å². The van der Waals surface area contributed by atoms with Gasteiger partial charge in [0.2, 0.25) is 0 Å². The van der Waals surface area contributed by atoms with Gasteiger partial charge >= 0.3 is 0 Å². The van der Waals surface area contributed by atoms with Gasteiger partial charge in [-0.1, -0.05) is 39.3 Å². The molecular formula is C30H52O3. The molecule has 3 fully saturated rings. The van der Waals surface area contributed by atoms with Crippen LogP contribution in [0, 0.1) is 40.4 Å². The molecule has 4 aliphatic carbocycles. The highest BCUT2D eigenvalue weighted by Crippen LogP contribution is 2.68. The van der Waals surface area contributed by atoms with Crippen LogP contribution >= 0.6 is 0 Å². The standard InChI is InChI=1S/C30H52O3/c1-7-29(32,8-2)16-13-21(3)24-11-12-25-23-10-9-22-19-27(4,31)17-18-30(22,20-33-6)26(23)14-15-28(24,25)5/h9,21,23-26,31-32H,7-8,10-20H2,1-6H3/t21-,23+,24?,25?,26?,27+,28-,30-/m1/s1. The molecule has 0 amide bonds. The first kappa shape index (κ1) is 25.7. The number of hydrogen-bond acceptors (Lipinski definition) is 3. The molecule has 0 spiro atoms. The van der Waals surface area contributed by atoms with Crippen molar-refractivity contribution in [1.29, 1.82) is 0 Å². The smallest absolute Gasteiger partial charge is 0.0657 e. The summed E-state index contributed by atoms with van der Waals surface area (Å²) < 4.78 is 5.89. The fourth-order valence-electron chi connectivity index (χ4n) is 9.41. The lowest BCUT2D eigenvalue weighted by atomic mass is 9.46. The number of aliphatic hydroxyl groups is 2. The lowest BCUT2D eigenvalue weighted by molar-refractivity contribution is -0.0980. The van der Waals surface area contributed by atoms with Crippen molar-refractivity contribution in [3.8, 4) is 0 Å². The molecule has 0 saturated heterocycles. The Bertz CT molecular complexity index is 722. The first-order valence-electron chi connectivity index (χ1n) is 14.2. The Labute approximate surface area is 203 Å². The molecule has 0 aromatic carbocycles. The number of rotatable bonds is 8. The van der Waals surface area contributed by atoms with E-state index in [2.05, 4.69) is 33.8 Å². The van der Waals surface area contributed by atoms with Gasteiger partial charge in [-0.2, -0.15) is 0 Å². The summed E-state index contributed by atoms with van der Waals surface area (Å²) in [6.45, 7) is 12.2. The number of ether oxygens (including phenoxy) is 1. The number of methoxy groups -OCH3 is 1. The minimum absolute atomic E-state index is 0.156. The maximum Gasteiger partial charge on any atom is 0.0657 e. The zero-order valence-electron chi connectivity index (χ0n) is 22.5. The van der Waals surface area contributed by atoms with Crippen molar-refractivity contribution in [2.45, 2.75) is 123 Å². The summed E-state index contributed by atoms with van der Waals surface area (Å²) >= 11 is 0. The van der Waals surface area contributed by atoms with Gasteiger partial charge in [-0.3, -0.25) is 0 Å². The molecular weight excluding hydrogens is 408 g/mol. The van der Waals surface area contributed by atoms with Crippen LogP contribution in [0.2, 0.25) is 0 Å². The van der Waals surface area contributed by atoms with Crippen LogP contribution in [0.1, 0.15) is 112 Å². The van der Waals surface area contributed by atoms with Gasteiger partial charge in [-0.05, 0) is 119 Å². The van der Waals surface area contributed by atoms with Crippen LogP contribution in [0.3, 0.4) is 0 Å². The van der Waals surface area contributed by atoms with Crippen LogP contribution in [0.5, 0.6) is 0 Å². The highest BCUT2D eigenvalue weighted by atomic mass is 16.5. The maximum atomic E-state index is 10.9. The van der Waals surface area contributed by atoms with E-state index in [1.54, 1.807) is 0 Å². The van der Waals surface area contributed by atoms with E-state index in [-0.39, 0.29) is 5.41 Å². The minimum Gasteiger partial charge on any atom is -0.390 e. The van der Waals surface area contributed by atoms with E-state index >= 15 is 0 Å². The van der Waals surface area contributed by atoms with Crippen molar-refractivity contribution in [1.82, 2.24) is 0 Å². The van der Waals surface area contributed by atoms with Crippen molar-refractivity contribution in [3.63, 3.8) is 0 Å². The molecule has 3 saturated carbocycles. The van der Waals surface area contributed by atoms with Crippen LogP contribution in [0.15, 0.2) is 11.6 Å². The molecule has 0 aromatic heterocycles. The van der Waals surface area contributed by atoms with Crippen LogP contribution in [0.4, 0.5) is 0 Å². The molecule has 2 N–H and O–H groups in total. The van der Waals surface area contributed by atoms with Gasteiger partial charge in [-0.25, -0.2) is 0 Å². The van der Waals surface area contributed by atoms with Crippen LogP contribution < -0.4 is 0 Å². The third kappa shape index (κ3) is 4.38. The quantitative estimate of drug-likeness (QED) is 0.387. The highest BCUT2D eigenvalue weighted by molar-refractivity contribution is 5.28. The normalized spacial score (nSPS) is 43.9. The molecule has 0 aromatic rings. The summed E-state index contributed by atoms with van der Waals surface area (Å²) in [6.07, 6.45) is 15.8. The van der Waals surface area contributed by atoms with Gasteiger partial charge in [0.1, 0.15) is 0 Å². The fraction of sp³-hybridized carbons (Fsp3) is 0.933. The molecule has 0 aliphatic heterocycles. The number of hydrogen-bond donors (Lipinski definition) is 2.